The number of sulfone groups is 1. The minimum absolute atomic E-state index is 0.0190. The standard InChI is InChI=1S/C20H23N5O3S2/c1-14-10-18(15(2)25(14)17-8-9-30(27,28)13-17)19(26)12-29-20-21-22-23-24(20)11-16-6-4-3-5-7-16/h3-7,10,17H,8-9,11-13H2,1-2H3/t17-/m1/s1. The fourth-order valence-electron chi connectivity index (χ4n) is 3.96. The fraction of sp³-hybridized carbons (Fsp3) is 0.400. The number of carbonyl (C=O) groups is 1. The lowest BCUT2D eigenvalue weighted by atomic mass is 10.2. The molecule has 3 heterocycles. The predicted octanol–water partition coefficient (Wildman–Crippen LogP) is 2.47. The summed E-state index contributed by atoms with van der Waals surface area (Å²) in [5.74, 6) is 0.537. The van der Waals surface area contributed by atoms with Crippen molar-refractivity contribution in [3.05, 3.63) is 58.9 Å². The number of hydrogen-bond donors (Lipinski definition) is 0. The van der Waals surface area contributed by atoms with Crippen molar-refractivity contribution in [2.24, 2.45) is 0 Å². The van der Waals surface area contributed by atoms with Crippen molar-refractivity contribution >= 4 is 27.4 Å². The number of nitrogens with zero attached hydrogens (tertiary/aromatic N) is 5. The van der Waals surface area contributed by atoms with Crippen molar-refractivity contribution in [1.29, 1.82) is 0 Å². The molecule has 3 aromatic rings. The largest absolute Gasteiger partial charge is 0.344 e. The van der Waals surface area contributed by atoms with E-state index in [0.29, 0.717) is 23.7 Å². The average Bonchev–Trinajstić information content (AvgIpc) is 3.38. The van der Waals surface area contributed by atoms with Crippen LogP contribution >= 0.6 is 11.8 Å². The number of thioether (sulfide) groups is 1. The van der Waals surface area contributed by atoms with Crippen molar-refractivity contribution in [2.45, 2.75) is 38.0 Å². The number of aromatic nitrogens is 5. The Morgan fingerprint density at radius 2 is 2.00 bits per heavy atom. The minimum atomic E-state index is -2.99. The van der Waals surface area contributed by atoms with Gasteiger partial charge < -0.3 is 4.57 Å². The van der Waals surface area contributed by atoms with Gasteiger partial charge in [-0.1, -0.05) is 42.1 Å². The van der Waals surface area contributed by atoms with E-state index in [4.69, 9.17) is 0 Å². The number of benzene rings is 1. The van der Waals surface area contributed by atoms with Crippen molar-refractivity contribution < 1.29 is 13.2 Å². The molecule has 0 N–H and O–H groups in total. The molecule has 0 unspecified atom stereocenters. The van der Waals surface area contributed by atoms with E-state index < -0.39 is 9.84 Å². The Bertz CT molecular complexity index is 1170. The number of hydrogen-bond acceptors (Lipinski definition) is 7. The number of ketones is 1. The lowest BCUT2D eigenvalue weighted by Gasteiger charge is -2.16. The summed E-state index contributed by atoms with van der Waals surface area (Å²) in [6, 6.07) is 11.6. The normalized spacial score (nSPS) is 18.0. The summed E-state index contributed by atoms with van der Waals surface area (Å²) < 4.78 is 27.4. The maximum absolute atomic E-state index is 12.9. The number of rotatable bonds is 7. The second-order valence-electron chi connectivity index (χ2n) is 7.53. The third-order valence-corrected chi connectivity index (χ3v) is 8.07. The van der Waals surface area contributed by atoms with Gasteiger partial charge in [-0.15, -0.1) is 5.10 Å². The summed E-state index contributed by atoms with van der Waals surface area (Å²) in [5.41, 5.74) is 3.44. The average molecular weight is 446 g/mol. The van der Waals surface area contributed by atoms with E-state index >= 15 is 0 Å². The Morgan fingerprint density at radius 1 is 1.23 bits per heavy atom. The molecule has 0 spiro atoms. The second kappa shape index (κ2) is 8.35. The van der Waals surface area contributed by atoms with Crippen molar-refractivity contribution in [3.8, 4) is 0 Å². The molecule has 1 aromatic carbocycles. The molecule has 158 valence electrons. The van der Waals surface area contributed by atoms with Crippen molar-refractivity contribution in [3.63, 3.8) is 0 Å². The van der Waals surface area contributed by atoms with Crippen LogP contribution < -0.4 is 0 Å². The van der Waals surface area contributed by atoms with E-state index in [1.165, 1.54) is 11.8 Å². The van der Waals surface area contributed by atoms with Gasteiger partial charge in [0.05, 0.1) is 23.8 Å². The molecule has 8 nitrogen and oxygen atoms in total. The first-order valence-electron chi connectivity index (χ1n) is 9.69. The Labute approximate surface area is 179 Å². The SMILES string of the molecule is Cc1cc(C(=O)CSc2nnnn2Cc2ccccc2)c(C)n1[C@@H]1CCS(=O)(=O)C1. The topological polar surface area (TPSA) is 99.7 Å². The van der Waals surface area contributed by atoms with Crippen LogP contribution in [0.2, 0.25) is 0 Å². The summed E-state index contributed by atoms with van der Waals surface area (Å²) in [6.45, 7) is 4.34. The van der Waals surface area contributed by atoms with Crippen molar-refractivity contribution in [1.82, 2.24) is 24.8 Å². The van der Waals surface area contributed by atoms with E-state index in [0.717, 1.165) is 17.0 Å². The monoisotopic (exact) mass is 445 g/mol. The van der Waals surface area contributed by atoms with Gasteiger partial charge >= 0.3 is 0 Å². The molecule has 1 atom stereocenters. The molecule has 0 amide bonds. The maximum atomic E-state index is 12.9. The van der Waals surface area contributed by atoms with Crippen LogP contribution in [0.5, 0.6) is 0 Å². The zero-order chi connectivity index (χ0) is 21.3. The molecule has 1 fully saturated rings. The minimum Gasteiger partial charge on any atom is -0.344 e. The van der Waals surface area contributed by atoms with Gasteiger partial charge in [0.15, 0.2) is 15.6 Å². The Morgan fingerprint density at radius 3 is 2.70 bits per heavy atom. The Balaban J connectivity index is 1.46. The highest BCUT2D eigenvalue weighted by Crippen LogP contribution is 2.30. The molecule has 2 aromatic heterocycles. The Kier molecular flexibility index (Phi) is 5.79. The first-order chi connectivity index (χ1) is 14.3. The van der Waals surface area contributed by atoms with Gasteiger partial charge in [-0.25, -0.2) is 13.1 Å². The van der Waals surface area contributed by atoms with E-state index in [2.05, 4.69) is 15.5 Å². The van der Waals surface area contributed by atoms with Gasteiger partial charge in [-0.3, -0.25) is 4.79 Å². The third kappa shape index (κ3) is 4.34. The molecule has 1 saturated heterocycles. The lowest BCUT2D eigenvalue weighted by molar-refractivity contribution is 0.102. The van der Waals surface area contributed by atoms with Gasteiger partial charge in [0.1, 0.15) is 0 Å². The summed E-state index contributed by atoms with van der Waals surface area (Å²) in [6.07, 6.45) is 0.593. The molecule has 4 rings (SSSR count). The van der Waals surface area contributed by atoms with E-state index in [1.54, 1.807) is 4.68 Å². The molecule has 0 aliphatic carbocycles. The van der Waals surface area contributed by atoms with Crippen LogP contribution in [-0.4, -0.2) is 56.2 Å². The highest BCUT2D eigenvalue weighted by Gasteiger charge is 2.31. The zero-order valence-electron chi connectivity index (χ0n) is 16.9. The number of Topliss-reactive ketones (excluding diaryl/α,β-unsaturated/α-hetero) is 1. The van der Waals surface area contributed by atoms with Crippen LogP contribution in [0.25, 0.3) is 0 Å². The first kappa shape index (κ1) is 20.8. The molecule has 30 heavy (non-hydrogen) atoms. The van der Waals surface area contributed by atoms with Gasteiger partial charge in [0.25, 0.3) is 0 Å². The summed E-state index contributed by atoms with van der Waals surface area (Å²) in [5, 5.41) is 12.4. The Hall–Kier alpha value is -2.46. The van der Waals surface area contributed by atoms with Gasteiger partial charge in [0, 0.05) is 23.0 Å². The smallest absolute Gasteiger partial charge is 0.210 e. The third-order valence-electron chi connectivity index (χ3n) is 5.36. The molecule has 0 radical (unpaired) electrons. The van der Waals surface area contributed by atoms with Crippen LogP contribution in [0, 0.1) is 13.8 Å². The summed E-state index contributed by atoms with van der Waals surface area (Å²) in [4.78, 5) is 12.9. The molecule has 10 heteroatoms. The van der Waals surface area contributed by atoms with Crippen LogP contribution in [0.3, 0.4) is 0 Å². The zero-order valence-corrected chi connectivity index (χ0v) is 18.5. The van der Waals surface area contributed by atoms with E-state index in [9.17, 15) is 13.2 Å². The molecular formula is C20H23N5O3S2. The highest BCUT2D eigenvalue weighted by molar-refractivity contribution is 7.99. The van der Waals surface area contributed by atoms with Gasteiger partial charge in [-0.2, -0.15) is 0 Å². The molecular weight excluding hydrogens is 422 g/mol. The quantitative estimate of drug-likeness (QED) is 0.407. The lowest BCUT2D eigenvalue weighted by Crippen LogP contribution is -2.14. The van der Waals surface area contributed by atoms with Crippen LogP contribution in [0.15, 0.2) is 41.6 Å². The fourth-order valence-corrected chi connectivity index (χ4v) is 6.42. The van der Waals surface area contributed by atoms with Crippen LogP contribution in [-0.2, 0) is 16.4 Å². The highest BCUT2D eigenvalue weighted by atomic mass is 32.2. The number of aryl methyl sites for hydroxylation is 1. The number of tetrazole rings is 1. The predicted molar refractivity (Wildman–Crippen MR) is 115 cm³/mol. The van der Waals surface area contributed by atoms with E-state index in [-0.39, 0.29) is 29.1 Å². The van der Waals surface area contributed by atoms with Gasteiger partial charge in [-0.05, 0) is 42.3 Å². The molecule has 1 aliphatic heterocycles. The van der Waals surface area contributed by atoms with E-state index in [1.807, 2.05) is 54.8 Å². The molecule has 1 aliphatic rings. The maximum Gasteiger partial charge on any atom is 0.210 e. The second-order valence-corrected chi connectivity index (χ2v) is 10.7. The first-order valence-corrected chi connectivity index (χ1v) is 12.5. The van der Waals surface area contributed by atoms with Crippen LogP contribution in [0.1, 0.15) is 39.8 Å². The molecule has 0 bridgehead atoms. The van der Waals surface area contributed by atoms with Crippen molar-refractivity contribution in [2.75, 3.05) is 17.3 Å². The summed E-state index contributed by atoms with van der Waals surface area (Å²) in [7, 11) is -2.99. The molecule has 0 saturated carbocycles. The summed E-state index contributed by atoms with van der Waals surface area (Å²) >= 11 is 1.30. The number of carbonyl (C=O) groups excluding carboxylic acids is 1. The van der Waals surface area contributed by atoms with Gasteiger partial charge in [0.2, 0.25) is 5.16 Å². The van der Waals surface area contributed by atoms with Crippen LogP contribution in [0.4, 0.5) is 0 Å².